The SMILES string of the molecule is CC1=CCC[C@@]2(C)[C@@H](CC[C@@]2(O)CN2CCCCCCC2)c2ccc(cc2C(=O)c2ccco2)C[C@@H](O)CC1. The van der Waals surface area contributed by atoms with E-state index in [1.54, 1.807) is 18.4 Å². The molecule has 0 spiro atoms. The van der Waals surface area contributed by atoms with Gasteiger partial charge in [-0.1, -0.05) is 50.0 Å². The van der Waals surface area contributed by atoms with E-state index in [1.165, 1.54) is 37.7 Å². The van der Waals surface area contributed by atoms with Crippen molar-refractivity contribution in [3.05, 3.63) is 70.7 Å². The fraction of sp³-hybridized carbons (Fsp3) is 0.618. The molecule has 3 aliphatic carbocycles. The number of benzene rings is 1. The first-order chi connectivity index (χ1) is 18.8. The maximum Gasteiger partial charge on any atom is 0.228 e. The van der Waals surface area contributed by atoms with Gasteiger partial charge in [-0.2, -0.15) is 0 Å². The summed E-state index contributed by atoms with van der Waals surface area (Å²) in [6, 6.07) is 9.65. The predicted molar refractivity (Wildman–Crippen MR) is 155 cm³/mol. The van der Waals surface area contributed by atoms with Crippen molar-refractivity contribution < 1.29 is 19.4 Å². The standard InChI is InChI=1S/C34H47NO4/c1-25-10-8-17-33(2)30(16-18-34(33,38)24-35-19-6-4-3-5-7-20-35)28-15-13-26(22-27(36)14-12-25)23-29(28)32(37)31-11-9-21-39-31/h9-11,13,15,21,23,27,30,36,38H,3-8,12,14,16-20,22,24H2,1-2H3/t27-,30-,33-,34+/m0/s1. The molecule has 1 aromatic carbocycles. The van der Waals surface area contributed by atoms with Crippen LogP contribution in [0.3, 0.4) is 0 Å². The second-order valence-corrected chi connectivity index (χ2v) is 12.8. The van der Waals surface area contributed by atoms with Crippen molar-refractivity contribution >= 4 is 5.78 Å². The number of aliphatic hydroxyl groups excluding tert-OH is 1. The third kappa shape index (κ3) is 6.11. The van der Waals surface area contributed by atoms with Crippen molar-refractivity contribution in [2.24, 2.45) is 5.41 Å². The van der Waals surface area contributed by atoms with Gasteiger partial charge in [-0.15, -0.1) is 0 Å². The Morgan fingerprint density at radius 3 is 2.59 bits per heavy atom. The highest BCUT2D eigenvalue weighted by Gasteiger charge is 2.57. The molecule has 2 heterocycles. The summed E-state index contributed by atoms with van der Waals surface area (Å²) in [5, 5.41) is 23.3. The maximum absolute atomic E-state index is 13.8. The van der Waals surface area contributed by atoms with Crippen molar-refractivity contribution in [1.82, 2.24) is 4.90 Å². The van der Waals surface area contributed by atoms with Gasteiger partial charge in [0.1, 0.15) is 0 Å². The molecule has 212 valence electrons. The molecule has 0 radical (unpaired) electrons. The Morgan fingerprint density at radius 2 is 1.85 bits per heavy atom. The first kappa shape index (κ1) is 28.3. The number of rotatable bonds is 4. The molecule has 2 fully saturated rings. The van der Waals surface area contributed by atoms with E-state index in [0.717, 1.165) is 56.3 Å². The molecule has 4 atom stereocenters. The predicted octanol–water partition coefficient (Wildman–Crippen LogP) is 6.82. The third-order valence-corrected chi connectivity index (χ3v) is 10.1. The van der Waals surface area contributed by atoms with Crippen LogP contribution in [0.5, 0.6) is 0 Å². The highest BCUT2D eigenvalue weighted by atomic mass is 16.3. The van der Waals surface area contributed by atoms with Gasteiger partial charge in [0.2, 0.25) is 5.78 Å². The van der Waals surface area contributed by atoms with Crippen LogP contribution in [0.15, 0.2) is 52.7 Å². The summed E-state index contributed by atoms with van der Waals surface area (Å²) in [5.74, 6) is 0.279. The molecule has 0 unspecified atom stereocenters. The van der Waals surface area contributed by atoms with Gasteiger partial charge in [0, 0.05) is 17.5 Å². The summed E-state index contributed by atoms with van der Waals surface area (Å²) in [5.41, 5.74) is 2.74. The molecule has 5 nitrogen and oxygen atoms in total. The average molecular weight is 534 g/mol. The number of carbonyl (C=O) groups excluding carboxylic acids is 1. The summed E-state index contributed by atoms with van der Waals surface area (Å²) in [6.45, 7) is 7.26. The number of carbonyl (C=O) groups is 1. The molecule has 2 bridgehead atoms. The normalized spacial score (nSPS) is 31.1. The van der Waals surface area contributed by atoms with Crippen LogP contribution in [0.25, 0.3) is 0 Å². The first-order valence-corrected chi connectivity index (χ1v) is 15.3. The number of fused-ring (bicyclic) bond motifs is 8. The Hall–Kier alpha value is -2.21. The van der Waals surface area contributed by atoms with Crippen molar-refractivity contribution in [1.29, 1.82) is 0 Å². The lowest BCUT2D eigenvalue weighted by atomic mass is 9.64. The largest absolute Gasteiger partial charge is 0.461 e. The minimum absolute atomic E-state index is 0.0572. The summed E-state index contributed by atoms with van der Waals surface area (Å²) in [4.78, 5) is 16.3. The van der Waals surface area contributed by atoms with Gasteiger partial charge in [-0.25, -0.2) is 0 Å². The second kappa shape index (κ2) is 12.1. The lowest BCUT2D eigenvalue weighted by Crippen LogP contribution is -2.53. The number of hydrogen-bond acceptors (Lipinski definition) is 5. The molecular formula is C34H47NO4. The topological polar surface area (TPSA) is 73.9 Å². The highest BCUT2D eigenvalue weighted by molar-refractivity contribution is 6.08. The van der Waals surface area contributed by atoms with E-state index in [-0.39, 0.29) is 17.1 Å². The summed E-state index contributed by atoms with van der Waals surface area (Å²) >= 11 is 0. The summed E-state index contributed by atoms with van der Waals surface area (Å²) in [7, 11) is 0. The molecular weight excluding hydrogens is 486 g/mol. The second-order valence-electron chi connectivity index (χ2n) is 12.8. The van der Waals surface area contributed by atoms with E-state index < -0.39 is 11.7 Å². The minimum Gasteiger partial charge on any atom is -0.461 e. The van der Waals surface area contributed by atoms with Crippen LogP contribution in [0.1, 0.15) is 118 Å². The zero-order valence-electron chi connectivity index (χ0n) is 24.0. The molecule has 39 heavy (non-hydrogen) atoms. The molecule has 1 saturated carbocycles. The van der Waals surface area contributed by atoms with Crippen LogP contribution in [0.2, 0.25) is 0 Å². The third-order valence-electron chi connectivity index (χ3n) is 10.1. The molecule has 2 N–H and O–H groups in total. The van der Waals surface area contributed by atoms with Crippen LogP contribution >= 0.6 is 0 Å². The van der Waals surface area contributed by atoms with Crippen molar-refractivity contribution in [3.63, 3.8) is 0 Å². The minimum atomic E-state index is -0.824. The number of nitrogens with zero attached hydrogens (tertiary/aromatic N) is 1. The van der Waals surface area contributed by atoms with E-state index in [9.17, 15) is 15.0 Å². The molecule has 6 rings (SSSR count). The van der Waals surface area contributed by atoms with Crippen LogP contribution in [-0.2, 0) is 6.42 Å². The van der Waals surface area contributed by atoms with Crippen molar-refractivity contribution in [2.75, 3.05) is 19.6 Å². The van der Waals surface area contributed by atoms with Crippen LogP contribution in [0.4, 0.5) is 0 Å². The monoisotopic (exact) mass is 533 g/mol. The molecule has 1 aliphatic heterocycles. The van der Waals surface area contributed by atoms with Crippen LogP contribution < -0.4 is 0 Å². The molecule has 2 aromatic rings. The quantitative estimate of drug-likeness (QED) is 0.333. The van der Waals surface area contributed by atoms with Gasteiger partial charge in [0.05, 0.1) is 18.0 Å². The van der Waals surface area contributed by atoms with Gasteiger partial charge in [0.25, 0.3) is 0 Å². The lowest BCUT2D eigenvalue weighted by molar-refractivity contribution is -0.0843. The molecule has 0 amide bonds. The van der Waals surface area contributed by atoms with Gasteiger partial charge in [0.15, 0.2) is 5.76 Å². The number of likely N-dealkylation sites (tertiary alicyclic amines) is 1. The Kier molecular flexibility index (Phi) is 8.80. The zero-order valence-corrected chi connectivity index (χ0v) is 24.0. The van der Waals surface area contributed by atoms with Gasteiger partial charge in [-0.05, 0) is 113 Å². The van der Waals surface area contributed by atoms with Gasteiger partial charge < -0.3 is 19.5 Å². The smallest absolute Gasteiger partial charge is 0.228 e. The number of ketones is 1. The van der Waals surface area contributed by atoms with Crippen molar-refractivity contribution in [3.8, 4) is 0 Å². The van der Waals surface area contributed by atoms with E-state index >= 15 is 0 Å². The highest BCUT2D eigenvalue weighted by Crippen LogP contribution is 2.59. The van der Waals surface area contributed by atoms with Crippen LogP contribution in [-0.4, -0.2) is 52.2 Å². The van der Waals surface area contributed by atoms with Crippen LogP contribution in [0, 0.1) is 5.41 Å². The number of allylic oxidation sites excluding steroid dienone is 2. The lowest BCUT2D eigenvalue weighted by Gasteiger charge is -2.46. The van der Waals surface area contributed by atoms with E-state index in [4.69, 9.17) is 4.42 Å². The van der Waals surface area contributed by atoms with E-state index in [0.29, 0.717) is 30.7 Å². The number of β-amino-alcohol motifs (C(OH)–C–C–N with tert-alkyl or cyclic N) is 1. The van der Waals surface area contributed by atoms with Crippen molar-refractivity contribution in [2.45, 2.75) is 109 Å². The summed E-state index contributed by atoms with van der Waals surface area (Å²) in [6.07, 6.45) is 15.1. The first-order valence-electron chi connectivity index (χ1n) is 15.3. The van der Waals surface area contributed by atoms with E-state index in [1.807, 2.05) is 6.07 Å². The Bertz CT molecular complexity index is 1150. The molecule has 4 aliphatic rings. The average Bonchev–Trinajstić information content (AvgIpc) is 3.51. The van der Waals surface area contributed by atoms with Gasteiger partial charge >= 0.3 is 0 Å². The van der Waals surface area contributed by atoms with E-state index in [2.05, 4.69) is 37.0 Å². The fourth-order valence-corrected chi connectivity index (χ4v) is 7.58. The molecule has 1 aromatic heterocycles. The number of aliphatic hydroxyl groups is 2. The fourth-order valence-electron chi connectivity index (χ4n) is 7.58. The Morgan fingerprint density at radius 1 is 1.08 bits per heavy atom. The Labute approximate surface area is 234 Å². The Balaban J connectivity index is 1.56. The molecule has 1 saturated heterocycles. The summed E-state index contributed by atoms with van der Waals surface area (Å²) < 4.78 is 5.55. The zero-order chi connectivity index (χ0) is 27.5. The number of furan rings is 1. The number of hydrogen-bond donors (Lipinski definition) is 2. The van der Waals surface area contributed by atoms with Gasteiger partial charge in [-0.3, -0.25) is 4.79 Å². The maximum atomic E-state index is 13.8. The molecule has 5 heteroatoms.